The van der Waals surface area contributed by atoms with Crippen molar-refractivity contribution in [3.63, 3.8) is 0 Å². The zero-order valence-electron chi connectivity index (χ0n) is 8.47. The number of rotatable bonds is 3. The van der Waals surface area contributed by atoms with Crippen molar-refractivity contribution in [2.75, 3.05) is 6.54 Å². The summed E-state index contributed by atoms with van der Waals surface area (Å²) >= 11 is 0. The van der Waals surface area contributed by atoms with E-state index >= 15 is 0 Å². The second-order valence-corrected chi connectivity index (χ2v) is 4.89. The van der Waals surface area contributed by atoms with Gasteiger partial charge in [-0.3, -0.25) is 4.79 Å². The van der Waals surface area contributed by atoms with Gasteiger partial charge in [0.2, 0.25) is 6.41 Å². The lowest BCUT2D eigenvalue weighted by molar-refractivity contribution is -0.111. The van der Waals surface area contributed by atoms with Crippen LogP contribution in [0.1, 0.15) is 39.5 Å². The highest BCUT2D eigenvalue weighted by Gasteiger charge is 2.36. The van der Waals surface area contributed by atoms with Crippen LogP contribution in [0.3, 0.4) is 0 Å². The van der Waals surface area contributed by atoms with Gasteiger partial charge in [-0.25, -0.2) is 0 Å². The maximum atomic E-state index is 10.1. The lowest BCUT2D eigenvalue weighted by atomic mass is 9.71. The third-order valence-electron chi connectivity index (χ3n) is 3.05. The Balaban J connectivity index is 2.41. The van der Waals surface area contributed by atoms with Crippen LogP contribution >= 0.6 is 0 Å². The second-order valence-electron chi connectivity index (χ2n) is 4.89. The van der Waals surface area contributed by atoms with Crippen molar-refractivity contribution in [1.29, 1.82) is 0 Å². The first kappa shape index (κ1) is 10.5. The van der Waals surface area contributed by atoms with Crippen LogP contribution in [0, 0.1) is 5.41 Å². The van der Waals surface area contributed by atoms with Crippen LogP contribution in [0.5, 0.6) is 0 Å². The molecule has 0 unspecified atom stereocenters. The third kappa shape index (κ3) is 2.99. The van der Waals surface area contributed by atoms with E-state index < -0.39 is 5.60 Å². The molecule has 2 N–H and O–H groups in total. The van der Waals surface area contributed by atoms with Gasteiger partial charge in [0, 0.05) is 6.54 Å². The molecule has 1 aliphatic rings. The molecule has 76 valence electrons. The molecule has 0 saturated heterocycles. The summed E-state index contributed by atoms with van der Waals surface area (Å²) < 4.78 is 0. The van der Waals surface area contributed by atoms with Gasteiger partial charge < -0.3 is 10.4 Å². The predicted octanol–water partition coefficient (Wildman–Crippen LogP) is 1.06. The number of amides is 1. The minimum Gasteiger partial charge on any atom is -0.388 e. The minimum absolute atomic E-state index is 0.355. The molecule has 0 aromatic carbocycles. The molecular weight excluding hydrogens is 166 g/mol. The third-order valence-corrected chi connectivity index (χ3v) is 3.05. The Bertz CT molecular complexity index is 179. The molecule has 0 aliphatic heterocycles. The largest absolute Gasteiger partial charge is 0.388 e. The number of carbonyl (C=O) groups is 1. The first-order valence-electron chi connectivity index (χ1n) is 4.87. The summed E-state index contributed by atoms with van der Waals surface area (Å²) in [5.41, 5.74) is -0.302. The smallest absolute Gasteiger partial charge is 0.207 e. The fraction of sp³-hybridized carbons (Fsp3) is 0.900. The van der Waals surface area contributed by atoms with Crippen LogP contribution in [0.15, 0.2) is 0 Å². The maximum Gasteiger partial charge on any atom is 0.207 e. The Hall–Kier alpha value is -0.570. The zero-order chi connectivity index (χ0) is 9.95. The molecule has 1 saturated carbocycles. The van der Waals surface area contributed by atoms with Crippen LogP contribution in [-0.4, -0.2) is 23.7 Å². The Morgan fingerprint density at radius 3 is 2.31 bits per heavy atom. The van der Waals surface area contributed by atoms with E-state index in [0.717, 1.165) is 25.7 Å². The normalized spacial score (nSPS) is 25.2. The molecule has 3 heteroatoms. The van der Waals surface area contributed by atoms with Gasteiger partial charge in [-0.2, -0.15) is 0 Å². The highest BCUT2D eigenvalue weighted by molar-refractivity contribution is 5.46. The van der Waals surface area contributed by atoms with E-state index in [2.05, 4.69) is 19.2 Å². The van der Waals surface area contributed by atoms with Crippen molar-refractivity contribution < 1.29 is 9.90 Å². The molecule has 0 aromatic heterocycles. The summed E-state index contributed by atoms with van der Waals surface area (Å²) in [4.78, 5) is 10.1. The Morgan fingerprint density at radius 2 is 1.85 bits per heavy atom. The topological polar surface area (TPSA) is 49.3 Å². The highest BCUT2D eigenvalue weighted by Crippen LogP contribution is 2.39. The van der Waals surface area contributed by atoms with Crippen molar-refractivity contribution in [2.45, 2.75) is 45.1 Å². The molecule has 1 rings (SSSR count). The standard InChI is InChI=1S/C10H19NO2/c1-9(2)3-5-10(13,6-4-9)7-11-8-12/h8,13H,3-7H2,1-2H3,(H,11,12). The number of hydrogen-bond donors (Lipinski definition) is 2. The van der Waals surface area contributed by atoms with Gasteiger partial charge in [-0.1, -0.05) is 13.8 Å². The Morgan fingerprint density at radius 1 is 1.31 bits per heavy atom. The fourth-order valence-corrected chi connectivity index (χ4v) is 1.80. The minimum atomic E-state index is -0.656. The maximum absolute atomic E-state index is 10.1. The molecule has 0 spiro atoms. The van der Waals surface area contributed by atoms with E-state index in [1.54, 1.807) is 0 Å². The van der Waals surface area contributed by atoms with E-state index in [4.69, 9.17) is 0 Å². The molecule has 0 aromatic rings. The fourth-order valence-electron chi connectivity index (χ4n) is 1.80. The highest BCUT2D eigenvalue weighted by atomic mass is 16.3. The van der Waals surface area contributed by atoms with Gasteiger partial charge in [-0.15, -0.1) is 0 Å². The van der Waals surface area contributed by atoms with E-state index in [-0.39, 0.29) is 0 Å². The first-order valence-corrected chi connectivity index (χ1v) is 4.87. The van der Waals surface area contributed by atoms with Crippen molar-refractivity contribution >= 4 is 6.41 Å². The SMILES string of the molecule is CC1(C)CCC(O)(CNC=O)CC1. The lowest BCUT2D eigenvalue weighted by Crippen LogP contribution is -2.44. The summed E-state index contributed by atoms with van der Waals surface area (Å²) in [6, 6.07) is 0. The molecule has 1 amide bonds. The second kappa shape index (κ2) is 3.66. The van der Waals surface area contributed by atoms with Crippen molar-refractivity contribution in [1.82, 2.24) is 5.32 Å². The monoisotopic (exact) mass is 185 g/mol. The first-order chi connectivity index (χ1) is 5.97. The molecule has 1 aliphatic carbocycles. The van der Waals surface area contributed by atoms with Crippen molar-refractivity contribution in [3.8, 4) is 0 Å². The molecular formula is C10H19NO2. The summed E-state index contributed by atoms with van der Waals surface area (Å²) in [6.45, 7) is 4.84. The summed E-state index contributed by atoms with van der Waals surface area (Å²) in [5.74, 6) is 0. The van der Waals surface area contributed by atoms with Gasteiger partial charge in [0.05, 0.1) is 5.60 Å². The van der Waals surface area contributed by atoms with Crippen LogP contribution < -0.4 is 5.32 Å². The average molecular weight is 185 g/mol. The molecule has 0 atom stereocenters. The summed E-state index contributed by atoms with van der Waals surface area (Å²) in [6.07, 6.45) is 4.30. The molecule has 0 heterocycles. The molecule has 3 nitrogen and oxygen atoms in total. The van der Waals surface area contributed by atoms with Crippen molar-refractivity contribution in [2.24, 2.45) is 5.41 Å². The van der Waals surface area contributed by atoms with Crippen molar-refractivity contribution in [3.05, 3.63) is 0 Å². The summed E-state index contributed by atoms with van der Waals surface area (Å²) in [7, 11) is 0. The molecule has 13 heavy (non-hydrogen) atoms. The van der Waals surface area contributed by atoms with E-state index in [1.165, 1.54) is 0 Å². The number of aliphatic hydroxyl groups is 1. The zero-order valence-corrected chi connectivity index (χ0v) is 8.47. The summed E-state index contributed by atoms with van der Waals surface area (Å²) in [5, 5.41) is 12.6. The van der Waals surface area contributed by atoms with Gasteiger partial charge in [0.15, 0.2) is 0 Å². The van der Waals surface area contributed by atoms with E-state index in [0.29, 0.717) is 18.4 Å². The molecule has 0 bridgehead atoms. The Kier molecular flexibility index (Phi) is 2.96. The average Bonchev–Trinajstić information content (AvgIpc) is 2.08. The number of nitrogens with one attached hydrogen (secondary N) is 1. The van der Waals surface area contributed by atoms with Gasteiger partial charge in [0.25, 0.3) is 0 Å². The number of hydrogen-bond acceptors (Lipinski definition) is 2. The van der Waals surface area contributed by atoms with Gasteiger partial charge in [0.1, 0.15) is 0 Å². The van der Waals surface area contributed by atoms with Gasteiger partial charge in [-0.05, 0) is 31.1 Å². The lowest BCUT2D eigenvalue weighted by Gasteiger charge is -2.40. The van der Waals surface area contributed by atoms with Crippen LogP contribution in [-0.2, 0) is 4.79 Å². The van der Waals surface area contributed by atoms with E-state index in [1.807, 2.05) is 0 Å². The Labute approximate surface area is 79.5 Å². The quantitative estimate of drug-likeness (QED) is 0.646. The van der Waals surface area contributed by atoms with Crippen LogP contribution in [0.25, 0.3) is 0 Å². The van der Waals surface area contributed by atoms with Crippen LogP contribution in [0.2, 0.25) is 0 Å². The molecule has 0 radical (unpaired) electrons. The van der Waals surface area contributed by atoms with Gasteiger partial charge >= 0.3 is 0 Å². The molecule has 1 fully saturated rings. The van der Waals surface area contributed by atoms with E-state index in [9.17, 15) is 9.90 Å². The predicted molar refractivity (Wildman–Crippen MR) is 51.3 cm³/mol. The van der Waals surface area contributed by atoms with Crippen LogP contribution in [0.4, 0.5) is 0 Å². The number of carbonyl (C=O) groups excluding carboxylic acids is 1.